The smallest absolute Gasteiger partial charge is 0.234 e. The summed E-state index contributed by atoms with van der Waals surface area (Å²) in [7, 11) is 0. The van der Waals surface area contributed by atoms with Gasteiger partial charge in [-0.15, -0.1) is 0 Å². The highest BCUT2D eigenvalue weighted by Gasteiger charge is 2.37. The summed E-state index contributed by atoms with van der Waals surface area (Å²) in [6.07, 6.45) is 1.88. The fraction of sp³-hybridized carbons (Fsp3) is 0.227. The van der Waals surface area contributed by atoms with E-state index in [9.17, 15) is 4.79 Å². The van der Waals surface area contributed by atoms with E-state index in [-0.39, 0.29) is 18.0 Å². The number of aliphatic imine (C=N–C) groups is 1. The van der Waals surface area contributed by atoms with Crippen LogP contribution in [0.4, 0.5) is 0 Å². The fourth-order valence-corrected chi connectivity index (χ4v) is 3.79. The Morgan fingerprint density at radius 3 is 2.63 bits per heavy atom. The fourth-order valence-electron chi connectivity index (χ4n) is 3.79. The van der Waals surface area contributed by atoms with Gasteiger partial charge >= 0.3 is 0 Å². The number of hydrazine groups is 1. The van der Waals surface area contributed by atoms with Crippen LogP contribution in [0.15, 0.2) is 71.9 Å². The first-order valence-corrected chi connectivity index (χ1v) is 10.0. The second-order valence-electron chi connectivity index (χ2n) is 7.46. The minimum absolute atomic E-state index is 0.0296. The van der Waals surface area contributed by atoms with Crippen LogP contribution in [0.25, 0.3) is 11.3 Å². The summed E-state index contributed by atoms with van der Waals surface area (Å²) in [5.74, 6) is 0.308. The molecule has 0 aliphatic carbocycles. The molecule has 2 atom stereocenters. The summed E-state index contributed by atoms with van der Waals surface area (Å²) in [6.45, 7) is 1.69. The van der Waals surface area contributed by atoms with Crippen LogP contribution in [0.1, 0.15) is 11.1 Å². The van der Waals surface area contributed by atoms with E-state index < -0.39 is 0 Å². The molecule has 2 aromatic carbocycles. The van der Waals surface area contributed by atoms with Gasteiger partial charge in [0.05, 0.1) is 24.7 Å². The largest absolute Gasteiger partial charge is 0.339 e. The normalized spacial score (nSPS) is 21.9. The Morgan fingerprint density at radius 1 is 1.07 bits per heavy atom. The van der Waals surface area contributed by atoms with Crippen molar-refractivity contribution in [3.63, 3.8) is 0 Å². The van der Waals surface area contributed by atoms with Crippen molar-refractivity contribution in [2.75, 3.05) is 6.54 Å². The van der Waals surface area contributed by atoms with Gasteiger partial charge in [-0.3, -0.25) is 20.2 Å². The van der Waals surface area contributed by atoms with Gasteiger partial charge < -0.3 is 5.32 Å². The maximum absolute atomic E-state index is 12.3. The van der Waals surface area contributed by atoms with Crippen LogP contribution in [-0.4, -0.2) is 34.4 Å². The lowest BCUT2D eigenvalue weighted by atomic mass is 10.1. The quantitative estimate of drug-likeness (QED) is 0.516. The summed E-state index contributed by atoms with van der Waals surface area (Å²) in [5, 5.41) is 10.9. The first-order valence-electron chi connectivity index (χ1n) is 10.0. The number of rotatable bonds is 5. The van der Waals surface area contributed by atoms with Crippen LogP contribution in [-0.2, 0) is 17.9 Å². The van der Waals surface area contributed by atoms with E-state index in [0.717, 1.165) is 16.8 Å². The van der Waals surface area contributed by atoms with E-state index >= 15 is 0 Å². The molecule has 2 aliphatic rings. The molecule has 2 aliphatic heterocycles. The van der Waals surface area contributed by atoms with Crippen molar-refractivity contribution in [1.29, 1.82) is 0 Å². The number of carbonyl (C=O) groups excluding carboxylic acids is 1. The number of amides is 1. The lowest BCUT2D eigenvalue weighted by molar-refractivity contribution is -0.124. The molecule has 4 N–H and O–H groups in total. The SMILES string of the molecule is O=C1NC(=NCc2cn(Cc3ccccc3)nc2-c2ccccc2)NC2NNCC12. The molecule has 0 spiro atoms. The van der Waals surface area contributed by atoms with Gasteiger partial charge in [-0.2, -0.15) is 5.10 Å². The second-order valence-corrected chi connectivity index (χ2v) is 7.46. The van der Waals surface area contributed by atoms with Crippen LogP contribution in [0.2, 0.25) is 0 Å². The predicted octanol–water partition coefficient (Wildman–Crippen LogP) is 1.22. The number of aromatic nitrogens is 2. The minimum Gasteiger partial charge on any atom is -0.339 e. The van der Waals surface area contributed by atoms with Crippen molar-refractivity contribution in [2.24, 2.45) is 10.9 Å². The van der Waals surface area contributed by atoms with E-state index in [1.807, 2.05) is 59.4 Å². The van der Waals surface area contributed by atoms with Crippen molar-refractivity contribution in [3.8, 4) is 11.3 Å². The van der Waals surface area contributed by atoms with Crippen molar-refractivity contribution < 1.29 is 4.79 Å². The average molecular weight is 401 g/mol. The maximum atomic E-state index is 12.3. The Morgan fingerprint density at radius 2 is 1.83 bits per heavy atom. The Bertz CT molecular complexity index is 1060. The third-order valence-electron chi connectivity index (χ3n) is 5.33. The summed E-state index contributed by atoms with van der Waals surface area (Å²) in [5.41, 5.74) is 10.2. The van der Waals surface area contributed by atoms with Crippen LogP contribution in [0.3, 0.4) is 0 Å². The molecule has 1 amide bonds. The van der Waals surface area contributed by atoms with E-state index in [0.29, 0.717) is 25.6 Å². The molecule has 152 valence electrons. The molecule has 30 heavy (non-hydrogen) atoms. The van der Waals surface area contributed by atoms with Crippen molar-refractivity contribution in [1.82, 2.24) is 31.3 Å². The lowest BCUT2D eigenvalue weighted by Crippen LogP contribution is -2.61. The van der Waals surface area contributed by atoms with Crippen LogP contribution in [0.5, 0.6) is 0 Å². The zero-order valence-electron chi connectivity index (χ0n) is 16.4. The van der Waals surface area contributed by atoms with Crippen LogP contribution in [0, 0.1) is 5.92 Å². The lowest BCUT2D eigenvalue weighted by Gasteiger charge is -2.27. The third kappa shape index (κ3) is 3.83. The number of fused-ring (bicyclic) bond motifs is 1. The summed E-state index contributed by atoms with van der Waals surface area (Å²) in [4.78, 5) is 16.9. The molecule has 0 saturated carbocycles. The first kappa shape index (κ1) is 18.5. The summed E-state index contributed by atoms with van der Waals surface area (Å²) < 4.78 is 1.94. The van der Waals surface area contributed by atoms with E-state index in [4.69, 9.17) is 5.10 Å². The van der Waals surface area contributed by atoms with Gasteiger partial charge in [-0.1, -0.05) is 60.7 Å². The Hall–Kier alpha value is -3.49. The van der Waals surface area contributed by atoms with Crippen LogP contribution >= 0.6 is 0 Å². The van der Waals surface area contributed by atoms with Crippen LogP contribution < -0.4 is 21.5 Å². The highest BCUT2D eigenvalue weighted by Crippen LogP contribution is 2.23. The molecule has 8 heteroatoms. The van der Waals surface area contributed by atoms with Gasteiger partial charge in [-0.25, -0.2) is 10.4 Å². The standard InChI is InChI=1S/C22H23N7O/c30-21-18-12-24-27-20(18)25-22(26-21)23-11-17-14-29(13-15-7-3-1-4-8-15)28-19(17)16-9-5-2-6-10-16/h1-10,14,18,20,24,27H,11-13H2,(H2,23,25,26,30). The van der Waals surface area contributed by atoms with E-state index in [1.54, 1.807) is 0 Å². The molecule has 5 rings (SSSR count). The van der Waals surface area contributed by atoms with Gasteiger partial charge in [0.1, 0.15) is 6.17 Å². The minimum atomic E-state index is -0.146. The number of benzene rings is 2. The van der Waals surface area contributed by atoms with Gasteiger partial charge in [0.2, 0.25) is 5.91 Å². The predicted molar refractivity (Wildman–Crippen MR) is 114 cm³/mol. The highest BCUT2D eigenvalue weighted by atomic mass is 16.2. The molecule has 3 heterocycles. The third-order valence-corrected chi connectivity index (χ3v) is 5.33. The van der Waals surface area contributed by atoms with Gasteiger partial charge in [0, 0.05) is 23.9 Å². The molecule has 3 aromatic rings. The average Bonchev–Trinajstić information content (AvgIpc) is 3.41. The number of carbonyl (C=O) groups is 1. The topological polar surface area (TPSA) is 95.4 Å². The van der Waals surface area contributed by atoms with Crippen molar-refractivity contribution in [2.45, 2.75) is 19.3 Å². The number of guanidine groups is 1. The molecule has 0 bridgehead atoms. The Labute approximate surface area is 174 Å². The van der Waals surface area contributed by atoms with E-state index in [1.165, 1.54) is 5.56 Å². The number of hydrogen-bond acceptors (Lipinski definition) is 5. The first-order chi connectivity index (χ1) is 14.8. The number of nitrogens with one attached hydrogen (secondary N) is 4. The summed E-state index contributed by atoms with van der Waals surface area (Å²) in [6, 6.07) is 20.3. The van der Waals surface area contributed by atoms with Gasteiger partial charge in [-0.05, 0) is 5.56 Å². The Kier molecular flexibility index (Phi) is 5.00. The molecule has 8 nitrogen and oxygen atoms in total. The Balaban J connectivity index is 1.41. The number of nitrogens with zero attached hydrogens (tertiary/aromatic N) is 3. The number of hydrogen-bond donors (Lipinski definition) is 4. The van der Waals surface area contributed by atoms with Crippen molar-refractivity contribution in [3.05, 3.63) is 78.0 Å². The summed E-state index contributed by atoms with van der Waals surface area (Å²) >= 11 is 0. The molecular formula is C22H23N7O. The zero-order valence-corrected chi connectivity index (χ0v) is 16.4. The molecule has 2 saturated heterocycles. The monoisotopic (exact) mass is 401 g/mol. The second kappa shape index (κ2) is 8.10. The van der Waals surface area contributed by atoms with E-state index in [2.05, 4.69) is 38.6 Å². The highest BCUT2D eigenvalue weighted by molar-refractivity contribution is 6.01. The van der Waals surface area contributed by atoms with Gasteiger partial charge in [0.25, 0.3) is 0 Å². The molecular weight excluding hydrogens is 378 g/mol. The molecule has 2 unspecified atom stereocenters. The van der Waals surface area contributed by atoms with Gasteiger partial charge in [0.15, 0.2) is 5.96 Å². The molecule has 2 fully saturated rings. The molecule has 0 radical (unpaired) electrons. The van der Waals surface area contributed by atoms with Crippen molar-refractivity contribution >= 4 is 11.9 Å². The zero-order chi connectivity index (χ0) is 20.3. The molecule has 1 aromatic heterocycles. The maximum Gasteiger partial charge on any atom is 0.234 e.